The number of halogens is 9. The van der Waals surface area contributed by atoms with Crippen LogP contribution in [0.2, 0.25) is 51.9 Å². The first-order valence-electron chi connectivity index (χ1n) is 23.3. The zero-order valence-electron chi connectivity index (χ0n) is 41.6. The Morgan fingerprint density at radius 2 is 1.05 bits per heavy atom. The predicted octanol–water partition coefficient (Wildman–Crippen LogP) is 16.7. The SMILES string of the molecule is CC(C)[Si](CCCC(F)(F)C(F)(F)C(F)(F)C(F)(F)F)(O[C@@H](C#CCCCCC=O)C#CCCCCCC/C=C/[C@@H](C#C[Si](C)(C)C(C)(C)C)O[Si](C(C)C)(C(C)C)C(C)C)C(C)C. The first-order chi connectivity index (χ1) is 29.1. The van der Waals surface area contributed by atoms with Gasteiger partial charge >= 0.3 is 23.9 Å². The number of hydrogen-bond acceptors (Lipinski definition) is 3. The molecule has 0 heterocycles. The molecule has 0 amide bonds. The van der Waals surface area contributed by atoms with Gasteiger partial charge in [-0.3, -0.25) is 0 Å². The Balaban J connectivity index is 6.06. The molecule has 64 heavy (non-hydrogen) atoms. The summed E-state index contributed by atoms with van der Waals surface area (Å²) >= 11 is 0. The summed E-state index contributed by atoms with van der Waals surface area (Å²) in [6, 6.07) is -0.217. The Labute approximate surface area is 385 Å². The van der Waals surface area contributed by atoms with Gasteiger partial charge in [0, 0.05) is 25.7 Å². The van der Waals surface area contributed by atoms with Crippen LogP contribution in [0.15, 0.2) is 12.2 Å². The van der Waals surface area contributed by atoms with Gasteiger partial charge in [-0.1, -0.05) is 152 Å². The molecule has 0 spiro atoms. The van der Waals surface area contributed by atoms with Crippen LogP contribution in [-0.4, -0.2) is 67.1 Å². The van der Waals surface area contributed by atoms with Gasteiger partial charge in [-0.25, -0.2) is 0 Å². The molecule has 0 radical (unpaired) electrons. The van der Waals surface area contributed by atoms with Crippen LogP contribution in [0, 0.1) is 35.1 Å². The van der Waals surface area contributed by atoms with Gasteiger partial charge < -0.3 is 13.6 Å². The Kier molecular flexibility index (Phi) is 25.7. The number of rotatable bonds is 26. The van der Waals surface area contributed by atoms with E-state index in [0.717, 1.165) is 38.4 Å². The minimum atomic E-state index is -6.92. The van der Waals surface area contributed by atoms with Gasteiger partial charge in [0.25, 0.3) is 0 Å². The van der Waals surface area contributed by atoms with Crippen molar-refractivity contribution >= 4 is 31.0 Å². The second-order valence-electron chi connectivity index (χ2n) is 20.4. The molecular weight excluding hydrogens is 892 g/mol. The molecule has 0 bridgehead atoms. The standard InChI is InChI=1S/C49H81F9O3Si3/c1-38(2)63(39(3)4,36-29-34-46(50,51)47(52,53)48(54,55)49(56,57)58)60-43(31-26-23-20-24-28-35-59)30-25-21-18-16-17-19-22-27-32-44(33-37-62(14,15)45(11,12)13)61-64(40(5)6,41(7)8)42(9)10/h27,32,35,38-44H,16-24,28-29,34,36H2,1-15H3/b32-27+/t43-,44+/m1/s1. The fourth-order valence-electron chi connectivity index (χ4n) is 8.04. The summed E-state index contributed by atoms with van der Waals surface area (Å²) in [6.07, 6.45) is 1.48. The van der Waals surface area contributed by atoms with E-state index in [4.69, 9.17) is 8.85 Å². The van der Waals surface area contributed by atoms with Gasteiger partial charge in [0.15, 0.2) is 6.10 Å². The molecule has 0 aliphatic rings. The van der Waals surface area contributed by atoms with Gasteiger partial charge in [0.05, 0.1) is 0 Å². The highest BCUT2D eigenvalue weighted by Gasteiger charge is 2.81. The summed E-state index contributed by atoms with van der Waals surface area (Å²) in [6.45, 7) is 32.1. The lowest BCUT2D eigenvalue weighted by molar-refractivity contribution is -0.396. The van der Waals surface area contributed by atoms with Crippen molar-refractivity contribution in [1.82, 2.24) is 0 Å². The maximum absolute atomic E-state index is 14.5. The van der Waals surface area contributed by atoms with Gasteiger partial charge in [0.2, 0.25) is 16.6 Å². The molecule has 0 saturated heterocycles. The lowest BCUT2D eigenvalue weighted by Crippen LogP contribution is -2.60. The van der Waals surface area contributed by atoms with Crippen LogP contribution in [0.3, 0.4) is 0 Å². The topological polar surface area (TPSA) is 35.5 Å². The van der Waals surface area contributed by atoms with Crippen LogP contribution in [0.25, 0.3) is 0 Å². The molecule has 0 aromatic carbocycles. The third-order valence-corrected chi connectivity index (χ3v) is 29.4. The summed E-state index contributed by atoms with van der Waals surface area (Å²) in [5.74, 6) is -3.43. The van der Waals surface area contributed by atoms with E-state index in [9.17, 15) is 44.3 Å². The lowest BCUT2D eigenvalue weighted by Gasteiger charge is -2.43. The molecule has 0 aliphatic carbocycles. The minimum absolute atomic E-state index is 0.127. The van der Waals surface area contributed by atoms with E-state index in [1.54, 1.807) is 27.7 Å². The molecule has 0 unspecified atom stereocenters. The maximum atomic E-state index is 14.5. The van der Waals surface area contributed by atoms with Crippen LogP contribution in [0.5, 0.6) is 0 Å². The molecule has 0 aromatic rings. The van der Waals surface area contributed by atoms with Crippen molar-refractivity contribution < 1.29 is 53.2 Å². The fraction of sp³-hybridized carbons (Fsp3) is 0.816. The summed E-state index contributed by atoms with van der Waals surface area (Å²) in [7, 11) is -7.30. The summed E-state index contributed by atoms with van der Waals surface area (Å²) in [5, 5.41) is 0.127. The molecule has 0 aromatic heterocycles. The Bertz CT molecular complexity index is 1580. The van der Waals surface area contributed by atoms with Gasteiger partial charge in [-0.15, -0.1) is 5.54 Å². The van der Waals surface area contributed by atoms with Crippen molar-refractivity contribution in [2.75, 3.05) is 0 Å². The summed E-state index contributed by atoms with van der Waals surface area (Å²) < 4.78 is 136. The molecular formula is C49H81F9O3Si3. The second kappa shape index (κ2) is 26.5. The fourth-order valence-corrected chi connectivity index (χ4v) is 18.8. The Morgan fingerprint density at radius 1 is 0.578 bits per heavy atom. The quantitative estimate of drug-likeness (QED) is 0.0216. The summed E-state index contributed by atoms with van der Waals surface area (Å²) in [5.41, 5.74) is 4.36. The van der Waals surface area contributed by atoms with Crippen molar-refractivity contribution in [3.63, 3.8) is 0 Å². The van der Waals surface area contributed by atoms with E-state index < -0.39 is 67.6 Å². The van der Waals surface area contributed by atoms with Crippen molar-refractivity contribution in [1.29, 1.82) is 0 Å². The molecule has 0 saturated carbocycles. The molecule has 15 heteroatoms. The Morgan fingerprint density at radius 3 is 1.48 bits per heavy atom. The first-order valence-corrected chi connectivity index (χ1v) is 30.7. The molecule has 0 fully saturated rings. The molecule has 0 N–H and O–H groups in total. The van der Waals surface area contributed by atoms with Crippen molar-refractivity contribution in [2.45, 2.75) is 255 Å². The first kappa shape index (κ1) is 62.0. The molecule has 0 aliphatic heterocycles. The molecule has 370 valence electrons. The number of unbranched alkanes of at least 4 members (excludes halogenated alkanes) is 8. The lowest BCUT2D eigenvalue weighted by atomic mass is 10.00. The molecule has 3 nitrogen and oxygen atoms in total. The van der Waals surface area contributed by atoms with E-state index in [2.05, 4.69) is 123 Å². The van der Waals surface area contributed by atoms with Crippen LogP contribution in [-0.2, 0) is 13.6 Å². The number of carbonyl (C=O) groups is 1. The monoisotopic (exact) mass is 973 g/mol. The molecule has 0 rings (SSSR count). The smallest absolute Gasteiger partial charge is 0.399 e. The third-order valence-electron chi connectivity index (χ3n) is 13.1. The van der Waals surface area contributed by atoms with Crippen molar-refractivity contribution in [3.05, 3.63) is 12.2 Å². The second-order valence-corrected chi connectivity index (χ2v) is 35.8. The highest BCUT2D eigenvalue weighted by atomic mass is 28.4. The zero-order chi connectivity index (χ0) is 50.0. The number of alkyl halides is 9. The zero-order valence-corrected chi connectivity index (χ0v) is 44.6. The highest BCUT2D eigenvalue weighted by molar-refractivity contribution is 6.87. The van der Waals surface area contributed by atoms with Gasteiger partial charge in [-0.2, -0.15) is 39.5 Å². The number of aldehydes is 1. The van der Waals surface area contributed by atoms with Crippen LogP contribution in [0.1, 0.15) is 167 Å². The van der Waals surface area contributed by atoms with Crippen molar-refractivity contribution in [2.24, 2.45) is 0 Å². The predicted molar refractivity (Wildman–Crippen MR) is 254 cm³/mol. The normalized spacial score (nSPS) is 14.8. The van der Waals surface area contributed by atoms with E-state index in [1.807, 2.05) is 0 Å². The van der Waals surface area contributed by atoms with Crippen LogP contribution < -0.4 is 0 Å². The average molecular weight is 973 g/mol. The van der Waals surface area contributed by atoms with Crippen LogP contribution in [0.4, 0.5) is 39.5 Å². The average Bonchev–Trinajstić information content (AvgIpc) is 3.15. The highest BCUT2D eigenvalue weighted by Crippen LogP contribution is 2.55. The minimum Gasteiger partial charge on any atom is -0.399 e. The van der Waals surface area contributed by atoms with Gasteiger partial charge in [0.1, 0.15) is 20.5 Å². The van der Waals surface area contributed by atoms with Crippen LogP contribution >= 0.6 is 0 Å². The molecule has 2 atom stereocenters. The number of carbonyl (C=O) groups excluding carboxylic acids is 1. The van der Waals surface area contributed by atoms with E-state index >= 15 is 0 Å². The summed E-state index contributed by atoms with van der Waals surface area (Å²) in [4.78, 5) is 10.7. The maximum Gasteiger partial charge on any atom is 0.460 e. The van der Waals surface area contributed by atoms with E-state index in [1.165, 1.54) is 0 Å². The van der Waals surface area contributed by atoms with E-state index in [-0.39, 0.29) is 28.3 Å². The Hall–Kier alpha value is -1.97. The number of allylic oxidation sites excluding steroid dienone is 1. The van der Waals surface area contributed by atoms with E-state index in [0.29, 0.717) is 48.7 Å². The van der Waals surface area contributed by atoms with Gasteiger partial charge in [-0.05, 0) is 83.4 Å². The largest absolute Gasteiger partial charge is 0.460 e. The third kappa shape index (κ3) is 17.6. The van der Waals surface area contributed by atoms with Crippen molar-refractivity contribution in [3.8, 4) is 35.1 Å². The number of hydrogen-bond donors (Lipinski definition) is 0.